The number of thiazole rings is 1. The molecule has 0 amide bonds. The molecular formula is C18H14N2O2S2. The van der Waals surface area contributed by atoms with E-state index in [1.807, 2.05) is 49.4 Å². The highest BCUT2D eigenvalue weighted by Gasteiger charge is 2.19. The summed E-state index contributed by atoms with van der Waals surface area (Å²) in [6.45, 7) is 1.91. The molecule has 0 unspecified atom stereocenters. The van der Waals surface area contributed by atoms with Gasteiger partial charge in [0.05, 0.1) is 20.3 Å². The molecular weight excluding hydrogens is 340 g/mol. The van der Waals surface area contributed by atoms with Gasteiger partial charge in [-0.25, -0.2) is 13.4 Å². The molecule has 0 fully saturated rings. The van der Waals surface area contributed by atoms with Crippen LogP contribution in [0.2, 0.25) is 0 Å². The number of aromatic nitrogens is 1. The van der Waals surface area contributed by atoms with Crippen molar-refractivity contribution in [1.29, 1.82) is 0 Å². The molecule has 4 rings (SSSR count). The topological polar surface area (TPSA) is 59.1 Å². The molecule has 4 aromatic rings. The zero-order valence-corrected chi connectivity index (χ0v) is 14.5. The first-order chi connectivity index (χ1) is 11.5. The van der Waals surface area contributed by atoms with Crippen molar-refractivity contribution in [3.8, 4) is 0 Å². The minimum atomic E-state index is -3.71. The molecule has 0 saturated carbocycles. The highest BCUT2D eigenvalue weighted by atomic mass is 32.2. The smallest absolute Gasteiger partial charge is 0.262 e. The number of hydrogen-bond donors (Lipinski definition) is 1. The Morgan fingerprint density at radius 3 is 2.58 bits per heavy atom. The van der Waals surface area contributed by atoms with Gasteiger partial charge in [0.25, 0.3) is 10.0 Å². The molecule has 1 N–H and O–H groups in total. The first-order valence-corrected chi connectivity index (χ1v) is 9.71. The van der Waals surface area contributed by atoms with Crippen molar-refractivity contribution in [2.45, 2.75) is 11.8 Å². The zero-order valence-electron chi connectivity index (χ0n) is 12.9. The van der Waals surface area contributed by atoms with E-state index in [1.54, 1.807) is 29.5 Å². The van der Waals surface area contributed by atoms with Crippen LogP contribution in [0, 0.1) is 6.92 Å². The van der Waals surface area contributed by atoms with E-state index < -0.39 is 10.0 Å². The average molecular weight is 354 g/mol. The van der Waals surface area contributed by atoms with Crippen LogP contribution in [0.15, 0.2) is 65.6 Å². The van der Waals surface area contributed by atoms with Crippen molar-refractivity contribution >= 4 is 48.0 Å². The minimum Gasteiger partial charge on any atom is -0.277 e. The fourth-order valence-corrected chi connectivity index (χ4v) is 4.92. The summed E-state index contributed by atoms with van der Waals surface area (Å²) < 4.78 is 29.5. The Kier molecular flexibility index (Phi) is 3.51. The van der Waals surface area contributed by atoms with Gasteiger partial charge in [-0.3, -0.25) is 4.72 Å². The summed E-state index contributed by atoms with van der Waals surface area (Å²) in [6.07, 6.45) is 0. The van der Waals surface area contributed by atoms with Crippen LogP contribution in [0.4, 0.5) is 5.69 Å². The lowest BCUT2D eigenvalue weighted by Crippen LogP contribution is -2.13. The average Bonchev–Trinajstić information content (AvgIpc) is 2.95. The van der Waals surface area contributed by atoms with Crippen LogP contribution in [-0.4, -0.2) is 13.4 Å². The SMILES string of the molecule is Cc1nc2c(NS(=O)(=O)c3cccc4ccccc34)cccc2s1. The van der Waals surface area contributed by atoms with Crippen molar-refractivity contribution in [2.24, 2.45) is 0 Å². The number of nitrogens with one attached hydrogen (secondary N) is 1. The minimum absolute atomic E-state index is 0.268. The molecule has 1 heterocycles. The van der Waals surface area contributed by atoms with Gasteiger partial charge in [0.1, 0.15) is 5.52 Å². The predicted molar refractivity (Wildman–Crippen MR) is 99.1 cm³/mol. The van der Waals surface area contributed by atoms with Crippen molar-refractivity contribution < 1.29 is 8.42 Å². The maximum Gasteiger partial charge on any atom is 0.262 e. The molecule has 0 spiro atoms. The fourth-order valence-electron chi connectivity index (χ4n) is 2.77. The van der Waals surface area contributed by atoms with Gasteiger partial charge in [-0.15, -0.1) is 11.3 Å². The molecule has 120 valence electrons. The molecule has 0 saturated heterocycles. The number of rotatable bonds is 3. The Balaban J connectivity index is 1.85. The Hall–Kier alpha value is -2.44. The highest BCUT2D eigenvalue weighted by molar-refractivity contribution is 7.93. The van der Waals surface area contributed by atoms with E-state index >= 15 is 0 Å². The second kappa shape index (κ2) is 5.58. The Bertz CT molecular complexity index is 1160. The molecule has 0 aliphatic rings. The van der Waals surface area contributed by atoms with Crippen molar-refractivity contribution in [3.63, 3.8) is 0 Å². The number of nitrogens with zero attached hydrogens (tertiary/aromatic N) is 1. The maximum absolute atomic E-state index is 12.9. The number of para-hydroxylation sites is 1. The molecule has 0 bridgehead atoms. The fraction of sp³-hybridized carbons (Fsp3) is 0.0556. The van der Waals surface area contributed by atoms with Gasteiger partial charge >= 0.3 is 0 Å². The lowest BCUT2D eigenvalue weighted by atomic mass is 10.1. The highest BCUT2D eigenvalue weighted by Crippen LogP contribution is 2.30. The van der Waals surface area contributed by atoms with Crippen molar-refractivity contribution in [1.82, 2.24) is 4.98 Å². The van der Waals surface area contributed by atoms with Gasteiger partial charge in [-0.2, -0.15) is 0 Å². The first-order valence-electron chi connectivity index (χ1n) is 7.41. The van der Waals surface area contributed by atoms with E-state index in [2.05, 4.69) is 9.71 Å². The molecule has 0 aliphatic carbocycles. The van der Waals surface area contributed by atoms with Gasteiger partial charge < -0.3 is 0 Å². The predicted octanol–water partition coefficient (Wildman–Crippen LogP) is 4.56. The van der Waals surface area contributed by atoms with Crippen LogP contribution in [0.3, 0.4) is 0 Å². The number of aryl methyl sites for hydroxylation is 1. The normalized spacial score (nSPS) is 11.9. The number of hydrogen-bond acceptors (Lipinski definition) is 4. The number of fused-ring (bicyclic) bond motifs is 2. The van der Waals surface area contributed by atoms with Gasteiger partial charge in [-0.05, 0) is 30.5 Å². The van der Waals surface area contributed by atoms with E-state index in [1.165, 1.54) is 0 Å². The lowest BCUT2D eigenvalue weighted by molar-refractivity contribution is 0.602. The lowest BCUT2D eigenvalue weighted by Gasteiger charge is -2.11. The monoisotopic (exact) mass is 354 g/mol. The first kappa shape index (κ1) is 15.1. The van der Waals surface area contributed by atoms with E-state index in [0.29, 0.717) is 16.6 Å². The molecule has 24 heavy (non-hydrogen) atoms. The summed E-state index contributed by atoms with van der Waals surface area (Å²) in [7, 11) is -3.71. The van der Waals surface area contributed by atoms with Crippen LogP contribution < -0.4 is 4.72 Å². The van der Waals surface area contributed by atoms with E-state index in [4.69, 9.17) is 0 Å². The number of sulfonamides is 1. The van der Waals surface area contributed by atoms with Crippen LogP contribution in [0.5, 0.6) is 0 Å². The summed E-state index contributed by atoms with van der Waals surface area (Å²) >= 11 is 1.54. The van der Waals surface area contributed by atoms with E-state index in [-0.39, 0.29) is 4.90 Å². The van der Waals surface area contributed by atoms with Gasteiger partial charge in [0.2, 0.25) is 0 Å². The quantitative estimate of drug-likeness (QED) is 0.587. The molecule has 6 heteroatoms. The largest absolute Gasteiger partial charge is 0.277 e. The third-order valence-corrected chi connectivity index (χ3v) is 6.17. The Labute approximate surface area is 143 Å². The van der Waals surface area contributed by atoms with Gasteiger partial charge in [0.15, 0.2) is 0 Å². The molecule has 1 aromatic heterocycles. The third kappa shape index (κ3) is 2.53. The second-order valence-electron chi connectivity index (χ2n) is 5.47. The Morgan fingerprint density at radius 2 is 1.71 bits per heavy atom. The van der Waals surface area contributed by atoms with Crippen LogP contribution in [-0.2, 0) is 10.0 Å². The van der Waals surface area contributed by atoms with Crippen LogP contribution in [0.25, 0.3) is 21.0 Å². The standard InChI is InChI=1S/C18H14N2O2S2/c1-12-19-18-15(9-5-10-16(18)23-12)20-24(21,22)17-11-4-7-13-6-2-3-8-14(13)17/h2-11,20H,1H3. The molecule has 0 aliphatic heterocycles. The van der Waals surface area contributed by atoms with Crippen LogP contribution >= 0.6 is 11.3 Å². The summed E-state index contributed by atoms with van der Waals surface area (Å²) in [6, 6.07) is 18.2. The number of anilines is 1. The second-order valence-corrected chi connectivity index (χ2v) is 8.35. The molecule has 0 atom stereocenters. The summed E-state index contributed by atoms with van der Waals surface area (Å²) in [5.41, 5.74) is 1.19. The Morgan fingerprint density at radius 1 is 0.958 bits per heavy atom. The van der Waals surface area contributed by atoms with E-state index in [9.17, 15) is 8.42 Å². The van der Waals surface area contributed by atoms with E-state index in [0.717, 1.165) is 15.1 Å². The van der Waals surface area contributed by atoms with Gasteiger partial charge in [0, 0.05) is 5.39 Å². The maximum atomic E-state index is 12.9. The van der Waals surface area contributed by atoms with Gasteiger partial charge in [-0.1, -0.05) is 42.5 Å². The van der Waals surface area contributed by atoms with Crippen molar-refractivity contribution in [3.05, 3.63) is 65.7 Å². The molecule has 4 nitrogen and oxygen atoms in total. The molecule has 0 radical (unpaired) electrons. The third-order valence-electron chi connectivity index (χ3n) is 3.81. The zero-order chi connectivity index (χ0) is 16.7. The number of benzene rings is 3. The van der Waals surface area contributed by atoms with Crippen LogP contribution in [0.1, 0.15) is 5.01 Å². The van der Waals surface area contributed by atoms with Crippen molar-refractivity contribution in [2.75, 3.05) is 4.72 Å². The summed E-state index contributed by atoms with van der Waals surface area (Å²) in [5, 5.41) is 2.50. The summed E-state index contributed by atoms with van der Waals surface area (Å²) in [4.78, 5) is 4.71. The summed E-state index contributed by atoms with van der Waals surface area (Å²) in [5.74, 6) is 0. The molecule has 3 aromatic carbocycles.